The van der Waals surface area contributed by atoms with Crippen molar-refractivity contribution < 1.29 is 22.3 Å². The smallest absolute Gasteiger partial charge is 0.240 e. The quantitative estimate of drug-likeness (QED) is 0.846. The summed E-state index contributed by atoms with van der Waals surface area (Å²) in [6.07, 6.45) is 3.07. The molecule has 1 aliphatic rings. The summed E-state index contributed by atoms with van der Waals surface area (Å²) in [5.41, 5.74) is -1.12. The second-order valence-electron chi connectivity index (χ2n) is 5.91. The number of benzene rings is 1. The van der Waals surface area contributed by atoms with Crippen LogP contribution in [0.15, 0.2) is 45.9 Å². The standard InChI is InChI=1S/C16H18FNO4S/c1-11-9-13(6-7-14(11)17)23(20,21)18-10-16(19,12-4-5-12)15-3-2-8-22-15/h2-3,6-9,12,18-19H,4-5,10H2,1H3. The minimum atomic E-state index is -3.85. The molecule has 23 heavy (non-hydrogen) atoms. The van der Waals surface area contributed by atoms with Gasteiger partial charge in [-0.25, -0.2) is 17.5 Å². The molecule has 1 aliphatic carbocycles. The highest BCUT2D eigenvalue weighted by atomic mass is 32.2. The Kier molecular flexibility index (Phi) is 4.03. The molecular weight excluding hydrogens is 321 g/mol. The molecule has 1 aromatic carbocycles. The minimum absolute atomic E-state index is 0.0333. The molecule has 2 N–H and O–H groups in total. The highest BCUT2D eigenvalue weighted by molar-refractivity contribution is 7.89. The molecule has 1 aromatic heterocycles. The summed E-state index contributed by atoms with van der Waals surface area (Å²) in [6.45, 7) is 1.31. The zero-order valence-electron chi connectivity index (χ0n) is 12.6. The fourth-order valence-electron chi connectivity index (χ4n) is 2.59. The number of hydrogen-bond acceptors (Lipinski definition) is 4. The maximum absolute atomic E-state index is 13.3. The topological polar surface area (TPSA) is 79.5 Å². The van der Waals surface area contributed by atoms with E-state index in [1.807, 2.05) is 0 Å². The third-order valence-corrected chi connectivity index (χ3v) is 5.57. The zero-order valence-corrected chi connectivity index (χ0v) is 13.4. The molecule has 1 unspecified atom stereocenters. The summed E-state index contributed by atoms with van der Waals surface area (Å²) >= 11 is 0. The van der Waals surface area contributed by atoms with Crippen LogP contribution in [0.3, 0.4) is 0 Å². The first-order valence-corrected chi connectivity index (χ1v) is 8.83. The summed E-state index contributed by atoms with van der Waals surface area (Å²) in [5, 5.41) is 10.8. The van der Waals surface area contributed by atoms with Crippen LogP contribution >= 0.6 is 0 Å². The molecule has 5 nitrogen and oxygen atoms in total. The molecule has 1 saturated carbocycles. The lowest BCUT2D eigenvalue weighted by Crippen LogP contribution is -2.42. The highest BCUT2D eigenvalue weighted by Gasteiger charge is 2.47. The van der Waals surface area contributed by atoms with Gasteiger partial charge in [-0.1, -0.05) is 0 Å². The first kappa shape index (κ1) is 16.2. The fourth-order valence-corrected chi connectivity index (χ4v) is 3.75. The lowest BCUT2D eigenvalue weighted by molar-refractivity contribution is -0.00224. The van der Waals surface area contributed by atoms with Gasteiger partial charge in [0.15, 0.2) is 0 Å². The number of rotatable bonds is 6. The van der Waals surface area contributed by atoms with E-state index in [1.165, 1.54) is 25.3 Å². The molecule has 0 bridgehead atoms. The van der Waals surface area contributed by atoms with Crippen molar-refractivity contribution >= 4 is 10.0 Å². The molecule has 0 radical (unpaired) electrons. The summed E-state index contributed by atoms with van der Waals surface area (Å²) in [4.78, 5) is -0.0333. The van der Waals surface area contributed by atoms with Crippen LogP contribution in [0.5, 0.6) is 0 Å². The van der Waals surface area contributed by atoms with Crippen molar-refractivity contribution in [3.8, 4) is 0 Å². The van der Waals surface area contributed by atoms with E-state index in [1.54, 1.807) is 12.1 Å². The van der Waals surface area contributed by atoms with E-state index < -0.39 is 21.4 Å². The van der Waals surface area contributed by atoms with E-state index in [0.717, 1.165) is 18.9 Å². The van der Waals surface area contributed by atoms with Crippen molar-refractivity contribution in [2.24, 2.45) is 5.92 Å². The van der Waals surface area contributed by atoms with Crippen LogP contribution in [0.25, 0.3) is 0 Å². The molecule has 0 amide bonds. The van der Waals surface area contributed by atoms with E-state index in [4.69, 9.17) is 4.42 Å². The van der Waals surface area contributed by atoms with E-state index >= 15 is 0 Å². The van der Waals surface area contributed by atoms with Crippen LogP contribution in [0.2, 0.25) is 0 Å². The Morgan fingerprint density at radius 1 is 1.39 bits per heavy atom. The van der Waals surface area contributed by atoms with Gasteiger partial charge in [-0.3, -0.25) is 0 Å². The Morgan fingerprint density at radius 2 is 2.13 bits per heavy atom. The number of aliphatic hydroxyl groups is 1. The number of furan rings is 1. The average molecular weight is 339 g/mol. The van der Waals surface area contributed by atoms with E-state index in [0.29, 0.717) is 5.76 Å². The summed E-state index contributed by atoms with van der Waals surface area (Å²) in [7, 11) is -3.85. The van der Waals surface area contributed by atoms with Gasteiger partial charge in [-0.2, -0.15) is 0 Å². The SMILES string of the molecule is Cc1cc(S(=O)(=O)NCC(O)(c2ccco2)C2CC2)ccc1F. The molecule has 1 heterocycles. The van der Waals surface area contributed by atoms with E-state index in [-0.39, 0.29) is 22.9 Å². The molecule has 0 aliphatic heterocycles. The van der Waals surface area contributed by atoms with Crippen LogP contribution in [0.4, 0.5) is 4.39 Å². The van der Waals surface area contributed by atoms with E-state index in [9.17, 15) is 17.9 Å². The third kappa shape index (κ3) is 3.17. The summed E-state index contributed by atoms with van der Waals surface area (Å²) in [5.74, 6) is -0.154. The van der Waals surface area contributed by atoms with Crippen molar-refractivity contribution in [1.29, 1.82) is 0 Å². The van der Waals surface area contributed by atoms with Crippen LogP contribution in [0, 0.1) is 18.7 Å². The van der Waals surface area contributed by atoms with Crippen molar-refractivity contribution in [3.63, 3.8) is 0 Å². The van der Waals surface area contributed by atoms with E-state index in [2.05, 4.69) is 4.72 Å². The molecule has 3 rings (SSSR count). The van der Waals surface area contributed by atoms with Crippen molar-refractivity contribution in [2.75, 3.05) is 6.54 Å². The second kappa shape index (κ2) is 5.74. The molecule has 0 saturated heterocycles. The van der Waals surface area contributed by atoms with Crippen LogP contribution in [0.1, 0.15) is 24.2 Å². The molecule has 2 aromatic rings. The van der Waals surface area contributed by atoms with Gasteiger partial charge in [0.2, 0.25) is 10.0 Å². The maximum atomic E-state index is 13.3. The van der Waals surface area contributed by atoms with Gasteiger partial charge in [-0.05, 0) is 61.6 Å². The first-order chi connectivity index (χ1) is 10.8. The van der Waals surface area contributed by atoms with Gasteiger partial charge < -0.3 is 9.52 Å². The monoisotopic (exact) mass is 339 g/mol. The molecule has 1 atom stereocenters. The maximum Gasteiger partial charge on any atom is 0.240 e. The van der Waals surface area contributed by atoms with Gasteiger partial charge in [0.25, 0.3) is 0 Å². The van der Waals surface area contributed by atoms with Crippen molar-refractivity contribution in [2.45, 2.75) is 30.3 Å². The normalized spacial score (nSPS) is 17.9. The average Bonchev–Trinajstić information content (AvgIpc) is 3.23. The summed E-state index contributed by atoms with van der Waals surface area (Å²) in [6, 6.07) is 6.87. The molecule has 124 valence electrons. The Hall–Kier alpha value is -1.70. The molecular formula is C16H18FNO4S. The molecule has 0 spiro atoms. The number of nitrogens with one attached hydrogen (secondary N) is 1. The van der Waals surface area contributed by atoms with Gasteiger partial charge in [-0.15, -0.1) is 0 Å². The number of sulfonamides is 1. The van der Waals surface area contributed by atoms with Gasteiger partial charge in [0.05, 0.1) is 11.2 Å². The van der Waals surface area contributed by atoms with Crippen molar-refractivity contribution in [3.05, 3.63) is 53.7 Å². The Labute approximate surface area is 134 Å². The minimum Gasteiger partial charge on any atom is -0.466 e. The highest BCUT2D eigenvalue weighted by Crippen LogP contribution is 2.45. The predicted octanol–water partition coefficient (Wildman–Crippen LogP) is 2.30. The van der Waals surface area contributed by atoms with Crippen LogP contribution in [-0.2, 0) is 15.6 Å². The first-order valence-electron chi connectivity index (χ1n) is 7.35. The Morgan fingerprint density at radius 3 is 2.70 bits per heavy atom. The lowest BCUT2D eigenvalue weighted by atomic mass is 9.95. The van der Waals surface area contributed by atoms with Gasteiger partial charge >= 0.3 is 0 Å². The van der Waals surface area contributed by atoms with Gasteiger partial charge in [0.1, 0.15) is 17.2 Å². The third-order valence-electron chi connectivity index (χ3n) is 4.17. The predicted molar refractivity (Wildman–Crippen MR) is 81.7 cm³/mol. The van der Waals surface area contributed by atoms with Crippen LogP contribution in [-0.4, -0.2) is 20.1 Å². The van der Waals surface area contributed by atoms with Gasteiger partial charge in [0, 0.05) is 6.54 Å². The zero-order chi connectivity index (χ0) is 16.7. The Bertz CT molecular complexity index is 799. The second-order valence-corrected chi connectivity index (χ2v) is 7.68. The number of hydrogen-bond donors (Lipinski definition) is 2. The summed E-state index contributed by atoms with van der Waals surface area (Å²) < 4.78 is 45.7. The van der Waals surface area contributed by atoms with Crippen molar-refractivity contribution in [1.82, 2.24) is 4.72 Å². The fraction of sp³-hybridized carbons (Fsp3) is 0.375. The van der Waals surface area contributed by atoms with Crippen LogP contribution < -0.4 is 4.72 Å². The Balaban J connectivity index is 1.81. The molecule has 1 fully saturated rings. The number of halogens is 1. The molecule has 7 heteroatoms. The largest absolute Gasteiger partial charge is 0.466 e. The lowest BCUT2D eigenvalue weighted by Gasteiger charge is -2.26. The number of aryl methyl sites for hydroxylation is 1.